The van der Waals surface area contributed by atoms with Gasteiger partial charge >= 0.3 is 0 Å². The van der Waals surface area contributed by atoms with Crippen LogP contribution in [0.4, 0.5) is 5.69 Å². The van der Waals surface area contributed by atoms with Crippen LogP contribution < -0.4 is 10.5 Å². The molecule has 6 heteroatoms. The van der Waals surface area contributed by atoms with Gasteiger partial charge in [0.1, 0.15) is 5.75 Å². The van der Waals surface area contributed by atoms with Crippen LogP contribution in [-0.2, 0) is 0 Å². The highest BCUT2D eigenvalue weighted by molar-refractivity contribution is 9.10. The third-order valence-corrected chi connectivity index (χ3v) is 3.73. The minimum absolute atomic E-state index is 0.257. The van der Waals surface area contributed by atoms with E-state index >= 15 is 0 Å². The second-order valence-electron chi connectivity index (χ2n) is 4.07. The lowest BCUT2D eigenvalue weighted by Crippen LogP contribution is -2.04. The third kappa shape index (κ3) is 3.08. The average Bonchev–Trinajstić information content (AvgIpc) is 2.39. The molecule has 2 rings (SSSR count). The van der Waals surface area contributed by atoms with E-state index in [1.54, 1.807) is 18.2 Å². The highest BCUT2D eigenvalue weighted by Gasteiger charge is 2.17. The smallest absolute Gasteiger partial charge is 0.194 e. The molecule has 0 saturated heterocycles. The summed E-state index contributed by atoms with van der Waals surface area (Å²) in [6.07, 6.45) is 0. The van der Waals surface area contributed by atoms with Gasteiger partial charge in [-0.2, -0.15) is 0 Å². The Labute approximate surface area is 134 Å². The Balaban J connectivity index is 2.50. The van der Waals surface area contributed by atoms with Gasteiger partial charge < -0.3 is 10.5 Å². The van der Waals surface area contributed by atoms with E-state index in [1.807, 2.05) is 0 Å². The normalized spacial score (nSPS) is 10.4. The predicted octanol–water partition coefficient (Wildman–Crippen LogP) is 4.58. The SMILES string of the molecule is COc1cc(Cl)c(C(=O)c2cc(N)cc(Br)c2)cc1Cl. The Morgan fingerprint density at radius 1 is 1.15 bits per heavy atom. The number of ketones is 1. The van der Waals surface area contributed by atoms with Gasteiger partial charge in [-0.25, -0.2) is 0 Å². The van der Waals surface area contributed by atoms with E-state index in [0.29, 0.717) is 27.6 Å². The molecule has 0 amide bonds. The molecule has 0 aliphatic rings. The topological polar surface area (TPSA) is 52.3 Å². The summed E-state index contributed by atoms with van der Waals surface area (Å²) in [4.78, 5) is 12.5. The van der Waals surface area contributed by atoms with E-state index in [-0.39, 0.29) is 10.8 Å². The molecule has 2 aromatic rings. The first kappa shape index (κ1) is 15.2. The maximum atomic E-state index is 12.5. The summed E-state index contributed by atoms with van der Waals surface area (Å²) in [6, 6.07) is 7.97. The first-order chi connectivity index (χ1) is 9.42. The molecule has 0 aliphatic heterocycles. The average molecular weight is 375 g/mol. The van der Waals surface area contributed by atoms with Crippen LogP contribution in [0.1, 0.15) is 15.9 Å². The molecular formula is C14H10BrCl2NO2. The van der Waals surface area contributed by atoms with Crippen molar-refractivity contribution in [1.29, 1.82) is 0 Å². The number of anilines is 1. The highest BCUT2D eigenvalue weighted by Crippen LogP contribution is 2.32. The van der Waals surface area contributed by atoms with E-state index in [2.05, 4.69) is 15.9 Å². The van der Waals surface area contributed by atoms with Crippen LogP contribution >= 0.6 is 39.1 Å². The van der Waals surface area contributed by atoms with Gasteiger partial charge in [-0.15, -0.1) is 0 Å². The van der Waals surface area contributed by atoms with Gasteiger partial charge in [-0.1, -0.05) is 39.1 Å². The van der Waals surface area contributed by atoms with Gasteiger partial charge in [0.25, 0.3) is 0 Å². The third-order valence-electron chi connectivity index (χ3n) is 2.67. The van der Waals surface area contributed by atoms with Crippen molar-refractivity contribution in [3.63, 3.8) is 0 Å². The Morgan fingerprint density at radius 3 is 2.45 bits per heavy atom. The summed E-state index contributed by atoms with van der Waals surface area (Å²) in [7, 11) is 1.48. The lowest BCUT2D eigenvalue weighted by atomic mass is 10.0. The fourth-order valence-electron chi connectivity index (χ4n) is 1.76. The molecule has 3 nitrogen and oxygen atoms in total. The number of methoxy groups -OCH3 is 1. The molecule has 0 heterocycles. The van der Waals surface area contributed by atoms with Crippen LogP contribution in [-0.4, -0.2) is 12.9 Å². The molecule has 0 fully saturated rings. The van der Waals surface area contributed by atoms with E-state index in [9.17, 15) is 4.79 Å². The highest BCUT2D eigenvalue weighted by atomic mass is 79.9. The molecule has 2 N–H and O–H groups in total. The second kappa shape index (κ2) is 6.04. The Morgan fingerprint density at radius 2 is 1.85 bits per heavy atom. The largest absolute Gasteiger partial charge is 0.495 e. The van der Waals surface area contributed by atoms with Crippen LogP contribution in [0.5, 0.6) is 5.75 Å². The summed E-state index contributed by atoms with van der Waals surface area (Å²) in [5, 5.41) is 0.595. The zero-order chi connectivity index (χ0) is 14.9. The quantitative estimate of drug-likeness (QED) is 0.632. The molecular weight excluding hydrogens is 365 g/mol. The lowest BCUT2D eigenvalue weighted by Gasteiger charge is -2.09. The first-order valence-corrected chi connectivity index (χ1v) is 7.11. The molecule has 0 saturated carbocycles. The molecule has 2 aromatic carbocycles. The van der Waals surface area contributed by atoms with E-state index in [1.165, 1.54) is 19.2 Å². The number of carbonyl (C=O) groups excluding carboxylic acids is 1. The van der Waals surface area contributed by atoms with Crippen molar-refractivity contribution in [2.24, 2.45) is 0 Å². The number of nitrogen functional groups attached to an aromatic ring is 1. The fourth-order valence-corrected chi connectivity index (χ4v) is 2.75. The van der Waals surface area contributed by atoms with E-state index in [4.69, 9.17) is 33.7 Å². The van der Waals surface area contributed by atoms with Crippen molar-refractivity contribution in [2.75, 3.05) is 12.8 Å². The number of rotatable bonds is 3. The molecule has 104 valence electrons. The van der Waals surface area contributed by atoms with Gasteiger partial charge in [-0.3, -0.25) is 4.79 Å². The van der Waals surface area contributed by atoms with Gasteiger partial charge in [0, 0.05) is 27.4 Å². The van der Waals surface area contributed by atoms with Crippen LogP contribution in [0.3, 0.4) is 0 Å². The molecule has 0 atom stereocenters. The van der Waals surface area contributed by atoms with E-state index in [0.717, 1.165) is 4.47 Å². The zero-order valence-corrected chi connectivity index (χ0v) is 13.5. The first-order valence-electron chi connectivity index (χ1n) is 5.56. The van der Waals surface area contributed by atoms with Gasteiger partial charge in [-0.05, 0) is 24.3 Å². The fraction of sp³-hybridized carbons (Fsp3) is 0.0714. The Kier molecular flexibility index (Phi) is 4.58. The standard InChI is InChI=1S/C14H10BrCl2NO2/c1-20-13-6-11(16)10(5-12(13)17)14(19)7-2-8(15)4-9(18)3-7/h2-6H,18H2,1H3. The summed E-state index contributed by atoms with van der Waals surface area (Å²) < 4.78 is 5.77. The van der Waals surface area contributed by atoms with Crippen LogP contribution in [0.2, 0.25) is 10.0 Å². The number of halogens is 3. The second-order valence-corrected chi connectivity index (χ2v) is 5.80. The minimum Gasteiger partial charge on any atom is -0.495 e. The Bertz CT molecular complexity index is 669. The zero-order valence-electron chi connectivity index (χ0n) is 10.4. The number of benzene rings is 2. The van der Waals surface area contributed by atoms with Crippen LogP contribution in [0.15, 0.2) is 34.8 Å². The maximum Gasteiger partial charge on any atom is 0.194 e. The van der Waals surface area contributed by atoms with Crippen molar-refractivity contribution in [2.45, 2.75) is 0 Å². The number of ether oxygens (including phenoxy) is 1. The van der Waals surface area contributed by atoms with Crippen molar-refractivity contribution in [1.82, 2.24) is 0 Å². The Hall–Kier alpha value is -1.23. The lowest BCUT2D eigenvalue weighted by molar-refractivity contribution is 0.103. The summed E-state index contributed by atoms with van der Waals surface area (Å²) in [5.74, 6) is 0.162. The maximum absolute atomic E-state index is 12.5. The number of hydrogen-bond acceptors (Lipinski definition) is 3. The minimum atomic E-state index is -0.257. The van der Waals surface area contributed by atoms with Crippen molar-refractivity contribution >= 4 is 50.6 Å². The predicted molar refractivity (Wildman–Crippen MR) is 85.0 cm³/mol. The molecule has 0 aliphatic carbocycles. The van der Waals surface area contributed by atoms with Gasteiger partial charge in [0.2, 0.25) is 0 Å². The number of carbonyl (C=O) groups is 1. The number of hydrogen-bond donors (Lipinski definition) is 1. The van der Waals surface area contributed by atoms with Gasteiger partial charge in [0.05, 0.1) is 17.2 Å². The molecule has 0 aromatic heterocycles. The summed E-state index contributed by atoms with van der Waals surface area (Å²) >= 11 is 15.4. The van der Waals surface area contributed by atoms with Crippen molar-refractivity contribution < 1.29 is 9.53 Å². The summed E-state index contributed by atoms with van der Waals surface area (Å²) in [5.41, 5.74) is 6.94. The van der Waals surface area contributed by atoms with Crippen LogP contribution in [0, 0.1) is 0 Å². The monoisotopic (exact) mass is 373 g/mol. The molecule has 0 spiro atoms. The van der Waals surface area contributed by atoms with Crippen LogP contribution in [0.25, 0.3) is 0 Å². The van der Waals surface area contributed by atoms with Crippen molar-refractivity contribution in [3.05, 3.63) is 56.0 Å². The molecule has 20 heavy (non-hydrogen) atoms. The molecule has 0 radical (unpaired) electrons. The molecule has 0 unspecified atom stereocenters. The number of nitrogens with two attached hydrogens (primary N) is 1. The van der Waals surface area contributed by atoms with Gasteiger partial charge in [0.15, 0.2) is 5.78 Å². The molecule has 0 bridgehead atoms. The summed E-state index contributed by atoms with van der Waals surface area (Å²) in [6.45, 7) is 0. The van der Waals surface area contributed by atoms with E-state index < -0.39 is 0 Å². The van der Waals surface area contributed by atoms with Crippen molar-refractivity contribution in [3.8, 4) is 5.75 Å².